The Bertz CT molecular complexity index is 790. The number of hydrogen-bond acceptors (Lipinski definition) is 4. The summed E-state index contributed by atoms with van der Waals surface area (Å²) in [6.07, 6.45) is 1.35. The van der Waals surface area contributed by atoms with Gasteiger partial charge in [-0.25, -0.2) is 0 Å². The van der Waals surface area contributed by atoms with Gasteiger partial charge in [0.25, 0.3) is 0 Å². The first-order chi connectivity index (χ1) is 13.0. The van der Waals surface area contributed by atoms with Crippen LogP contribution in [0.2, 0.25) is 0 Å². The molecule has 3 N–H and O–H groups in total. The fourth-order valence-electron chi connectivity index (χ4n) is 2.38. The van der Waals surface area contributed by atoms with Gasteiger partial charge >= 0.3 is 0 Å². The molecule has 0 heterocycles. The summed E-state index contributed by atoms with van der Waals surface area (Å²) >= 11 is 0. The third kappa shape index (κ3) is 6.66. The molecule has 0 saturated heterocycles. The number of anilines is 3. The Morgan fingerprint density at radius 2 is 1.78 bits per heavy atom. The summed E-state index contributed by atoms with van der Waals surface area (Å²) < 4.78 is 5.57. The molecule has 2 amide bonds. The van der Waals surface area contributed by atoms with E-state index in [4.69, 9.17) is 4.74 Å². The molecule has 0 saturated carbocycles. The van der Waals surface area contributed by atoms with E-state index in [1.165, 1.54) is 0 Å². The zero-order valence-electron chi connectivity index (χ0n) is 16.1. The molecule has 2 rings (SSSR count). The van der Waals surface area contributed by atoms with Crippen LogP contribution in [-0.4, -0.2) is 25.0 Å². The number of benzene rings is 2. The van der Waals surface area contributed by atoms with Crippen LogP contribution in [0.15, 0.2) is 42.5 Å². The molecule has 0 atom stereocenters. The van der Waals surface area contributed by atoms with Crippen molar-refractivity contribution < 1.29 is 14.3 Å². The van der Waals surface area contributed by atoms with Crippen molar-refractivity contribution in [2.75, 3.05) is 29.1 Å². The first kappa shape index (κ1) is 20.3. The Hall–Kier alpha value is -3.02. The lowest BCUT2D eigenvalue weighted by molar-refractivity contribution is -0.116. The molecule has 6 heteroatoms. The first-order valence-electron chi connectivity index (χ1n) is 9.19. The predicted octanol–water partition coefficient (Wildman–Crippen LogP) is 4.18. The topological polar surface area (TPSA) is 79.5 Å². The molecule has 144 valence electrons. The monoisotopic (exact) mass is 369 g/mol. The number of carbonyl (C=O) groups is 2. The van der Waals surface area contributed by atoms with E-state index >= 15 is 0 Å². The van der Waals surface area contributed by atoms with Crippen LogP contribution in [0.1, 0.15) is 32.3 Å². The number of rotatable bonds is 9. The smallest absolute Gasteiger partial charge is 0.243 e. The van der Waals surface area contributed by atoms with E-state index in [2.05, 4.69) is 16.0 Å². The normalized spacial score (nSPS) is 10.2. The summed E-state index contributed by atoms with van der Waals surface area (Å²) in [6.45, 7) is 6.53. The molecule has 0 aliphatic carbocycles. The Morgan fingerprint density at radius 1 is 0.963 bits per heavy atom. The van der Waals surface area contributed by atoms with Gasteiger partial charge in [0.1, 0.15) is 5.75 Å². The van der Waals surface area contributed by atoms with Crippen molar-refractivity contribution in [3.63, 3.8) is 0 Å². The van der Waals surface area contributed by atoms with Crippen molar-refractivity contribution in [3.05, 3.63) is 48.0 Å². The average Bonchev–Trinajstić information content (AvgIpc) is 2.67. The quantitative estimate of drug-likeness (QED) is 0.619. The van der Waals surface area contributed by atoms with Gasteiger partial charge in [-0.05, 0) is 43.2 Å². The highest BCUT2D eigenvalue weighted by molar-refractivity contribution is 5.94. The SMILES string of the molecule is CCCOc1cccc(NC(=O)CNc2ccc(C)c(NC(=O)CC)c2)c1. The van der Waals surface area contributed by atoms with E-state index in [9.17, 15) is 9.59 Å². The fraction of sp³-hybridized carbons (Fsp3) is 0.333. The minimum atomic E-state index is -0.164. The molecule has 0 aliphatic rings. The fourth-order valence-corrected chi connectivity index (χ4v) is 2.38. The minimum absolute atomic E-state index is 0.0434. The summed E-state index contributed by atoms with van der Waals surface area (Å²) in [5.41, 5.74) is 3.17. The van der Waals surface area contributed by atoms with E-state index < -0.39 is 0 Å². The van der Waals surface area contributed by atoms with Crippen molar-refractivity contribution in [2.45, 2.75) is 33.6 Å². The van der Waals surface area contributed by atoms with E-state index in [0.29, 0.717) is 18.7 Å². The maximum absolute atomic E-state index is 12.2. The Balaban J connectivity index is 1.92. The van der Waals surface area contributed by atoms with Crippen LogP contribution in [0.5, 0.6) is 5.75 Å². The second-order valence-electron chi connectivity index (χ2n) is 6.21. The molecule has 2 aromatic carbocycles. The van der Waals surface area contributed by atoms with E-state index in [0.717, 1.165) is 29.1 Å². The van der Waals surface area contributed by atoms with Crippen LogP contribution < -0.4 is 20.7 Å². The van der Waals surface area contributed by atoms with Crippen LogP contribution in [0.4, 0.5) is 17.1 Å². The second kappa shape index (κ2) is 10.2. The molecule has 0 aromatic heterocycles. The van der Waals surface area contributed by atoms with Crippen LogP contribution in [0, 0.1) is 6.92 Å². The molecule has 0 unspecified atom stereocenters. The number of amides is 2. The van der Waals surface area contributed by atoms with Crippen molar-refractivity contribution in [3.8, 4) is 5.75 Å². The highest BCUT2D eigenvalue weighted by Gasteiger charge is 2.07. The molecule has 0 aliphatic heterocycles. The van der Waals surface area contributed by atoms with Gasteiger partial charge < -0.3 is 20.7 Å². The minimum Gasteiger partial charge on any atom is -0.494 e. The Labute approximate surface area is 160 Å². The number of nitrogens with one attached hydrogen (secondary N) is 3. The van der Waals surface area contributed by atoms with Crippen LogP contribution >= 0.6 is 0 Å². The lowest BCUT2D eigenvalue weighted by atomic mass is 10.1. The van der Waals surface area contributed by atoms with Crippen LogP contribution in [-0.2, 0) is 9.59 Å². The van der Waals surface area contributed by atoms with Crippen molar-refractivity contribution in [1.29, 1.82) is 0 Å². The molecule has 6 nitrogen and oxygen atoms in total. The van der Waals surface area contributed by atoms with Gasteiger partial charge in [0.05, 0.1) is 13.2 Å². The lowest BCUT2D eigenvalue weighted by Gasteiger charge is -2.12. The van der Waals surface area contributed by atoms with Crippen molar-refractivity contribution in [1.82, 2.24) is 0 Å². The zero-order valence-corrected chi connectivity index (χ0v) is 16.1. The summed E-state index contributed by atoms with van der Waals surface area (Å²) in [6, 6.07) is 12.9. The standard InChI is InChI=1S/C21H27N3O3/c1-4-11-27-18-8-6-7-17(12-18)23-21(26)14-22-16-10-9-15(3)19(13-16)24-20(25)5-2/h6-10,12-13,22H,4-5,11,14H2,1-3H3,(H,23,26)(H,24,25). The molecule has 0 bridgehead atoms. The molecule has 0 spiro atoms. The van der Waals surface area contributed by atoms with Gasteiger partial charge in [-0.2, -0.15) is 0 Å². The Kier molecular flexibility index (Phi) is 7.67. The molecule has 0 fully saturated rings. The number of ether oxygens (including phenoxy) is 1. The average molecular weight is 369 g/mol. The summed E-state index contributed by atoms with van der Waals surface area (Å²) in [5.74, 6) is 0.526. The molecule has 27 heavy (non-hydrogen) atoms. The third-order valence-corrected chi connectivity index (χ3v) is 3.88. The predicted molar refractivity (Wildman–Crippen MR) is 109 cm³/mol. The van der Waals surface area contributed by atoms with Gasteiger partial charge in [0.15, 0.2) is 0 Å². The molecular formula is C21H27N3O3. The van der Waals surface area contributed by atoms with Crippen LogP contribution in [0.25, 0.3) is 0 Å². The molecule has 0 radical (unpaired) electrons. The van der Waals surface area contributed by atoms with Gasteiger partial charge in [-0.1, -0.05) is 26.0 Å². The molecule has 2 aromatic rings. The van der Waals surface area contributed by atoms with Gasteiger partial charge in [0.2, 0.25) is 11.8 Å². The van der Waals surface area contributed by atoms with Crippen molar-refractivity contribution in [2.24, 2.45) is 0 Å². The van der Waals surface area contributed by atoms with Crippen molar-refractivity contribution >= 4 is 28.9 Å². The maximum atomic E-state index is 12.2. The third-order valence-electron chi connectivity index (χ3n) is 3.88. The summed E-state index contributed by atoms with van der Waals surface area (Å²) in [5, 5.41) is 8.78. The van der Waals surface area contributed by atoms with Gasteiger partial charge in [-0.3, -0.25) is 9.59 Å². The highest BCUT2D eigenvalue weighted by atomic mass is 16.5. The number of aryl methyl sites for hydroxylation is 1. The van der Waals surface area contributed by atoms with E-state index in [1.807, 2.05) is 50.2 Å². The number of hydrogen-bond donors (Lipinski definition) is 3. The summed E-state index contributed by atoms with van der Waals surface area (Å²) in [4.78, 5) is 23.8. The zero-order chi connectivity index (χ0) is 19.6. The highest BCUT2D eigenvalue weighted by Crippen LogP contribution is 2.21. The van der Waals surface area contributed by atoms with E-state index in [-0.39, 0.29) is 18.4 Å². The van der Waals surface area contributed by atoms with Gasteiger partial charge in [-0.15, -0.1) is 0 Å². The van der Waals surface area contributed by atoms with E-state index in [1.54, 1.807) is 13.0 Å². The molecular weight excluding hydrogens is 342 g/mol. The second-order valence-corrected chi connectivity index (χ2v) is 6.21. The lowest BCUT2D eigenvalue weighted by Crippen LogP contribution is -2.22. The number of carbonyl (C=O) groups excluding carboxylic acids is 2. The first-order valence-corrected chi connectivity index (χ1v) is 9.19. The Morgan fingerprint density at radius 3 is 2.52 bits per heavy atom. The van der Waals surface area contributed by atoms with Gasteiger partial charge in [0, 0.05) is 29.5 Å². The van der Waals surface area contributed by atoms with Crippen LogP contribution in [0.3, 0.4) is 0 Å². The summed E-state index contributed by atoms with van der Waals surface area (Å²) in [7, 11) is 0. The maximum Gasteiger partial charge on any atom is 0.243 e. The largest absolute Gasteiger partial charge is 0.494 e.